The fourth-order valence-corrected chi connectivity index (χ4v) is 0. The first-order valence-electron chi connectivity index (χ1n) is 0.651. The van der Waals surface area contributed by atoms with Gasteiger partial charge in [-0.05, 0) is 0 Å². The Morgan fingerprint density at radius 1 is 1.29 bits per heavy atom. The Labute approximate surface area is 135 Å². The van der Waals surface area contributed by atoms with Crippen LogP contribution >= 0.6 is 0 Å². The molecule has 0 spiro atoms. The molecule has 3 nitrogen and oxygen atoms in total. The van der Waals surface area contributed by atoms with Gasteiger partial charge >= 0.3 is 6.16 Å². The first-order valence-corrected chi connectivity index (χ1v) is 0.651. The first-order chi connectivity index (χ1) is 1.73. The maximum absolute atomic E-state index is 8.56. The summed E-state index contributed by atoms with van der Waals surface area (Å²) in [7, 11) is 0. The second kappa shape index (κ2) is 16.1. The molecule has 0 aliphatic heterocycles. The largest absolute Gasteiger partial charge is 0.503 e. The van der Waals surface area contributed by atoms with Crippen molar-refractivity contribution in [2.45, 2.75) is 0 Å². The van der Waals surface area contributed by atoms with Crippen molar-refractivity contribution in [3.8, 4) is 0 Å². The summed E-state index contributed by atoms with van der Waals surface area (Å²) < 4.78 is 0. The van der Waals surface area contributed by atoms with E-state index in [1.54, 1.807) is 0 Å². The van der Waals surface area contributed by atoms with E-state index in [4.69, 9.17) is 15.0 Å². The quantitative estimate of drug-likeness (QED) is 0.516. The summed E-state index contributed by atoms with van der Waals surface area (Å²) in [5.74, 6) is 0. The Morgan fingerprint density at radius 2 is 1.29 bits per heavy atom. The van der Waals surface area contributed by atoms with Crippen molar-refractivity contribution in [2.75, 3.05) is 0 Å². The number of carboxylic acid groups (broad SMARTS) is 2. The Hall–Kier alpha value is 3.18. The molecule has 0 heterocycles. The zero-order chi connectivity index (χ0) is 3.58. The summed E-state index contributed by atoms with van der Waals surface area (Å²) in [6.45, 7) is 0. The number of carbonyl (C=O) groups is 1. The van der Waals surface area contributed by atoms with Gasteiger partial charge in [-0.25, -0.2) is 4.79 Å². The van der Waals surface area contributed by atoms with Crippen LogP contribution in [0.3, 0.4) is 0 Å². The van der Waals surface area contributed by atoms with Gasteiger partial charge in [0, 0.05) is 118 Å². The van der Waals surface area contributed by atoms with Crippen LogP contribution in [-0.4, -0.2) is 16.4 Å². The summed E-state index contributed by atoms with van der Waals surface area (Å²) >= 11 is 0. The van der Waals surface area contributed by atoms with E-state index in [0.29, 0.717) is 0 Å². The molecular formula is CH2LaNdO3Pr. The van der Waals surface area contributed by atoms with E-state index < -0.39 is 6.16 Å². The van der Waals surface area contributed by atoms with E-state index in [2.05, 4.69) is 0 Å². The van der Waals surface area contributed by atoms with Crippen LogP contribution < -0.4 is 0 Å². The summed E-state index contributed by atoms with van der Waals surface area (Å²) in [5.41, 5.74) is 0. The predicted molar refractivity (Wildman–Crippen MR) is 10.7 cm³/mol. The predicted octanol–water partition coefficient (Wildman–Crippen LogP) is 0.222. The van der Waals surface area contributed by atoms with E-state index in [1.807, 2.05) is 0 Å². The molecule has 34 valence electrons. The summed E-state index contributed by atoms with van der Waals surface area (Å²) in [6.07, 6.45) is -1.83. The molecule has 0 aliphatic carbocycles. The van der Waals surface area contributed by atoms with Crippen LogP contribution in [-0.2, 0) is 0 Å². The third-order valence-corrected chi connectivity index (χ3v) is 0. The van der Waals surface area contributed by atoms with Crippen molar-refractivity contribution in [3.63, 3.8) is 0 Å². The third kappa shape index (κ3) is 46.8. The van der Waals surface area contributed by atoms with E-state index in [0.717, 1.165) is 0 Å². The van der Waals surface area contributed by atoms with Gasteiger partial charge in [-0.15, -0.1) is 0 Å². The fraction of sp³-hybridized carbons (Fsp3) is 0. The number of hydrogen-bond acceptors (Lipinski definition) is 1. The maximum Gasteiger partial charge on any atom is 0.503 e. The zero-order valence-corrected chi connectivity index (χ0v) is 14.0. The molecule has 0 aromatic carbocycles. The minimum atomic E-state index is -1.83. The molecule has 2 radical (unpaired) electrons. The van der Waals surface area contributed by atoms with E-state index in [-0.39, 0.29) is 118 Å². The van der Waals surface area contributed by atoms with Gasteiger partial charge in [0.2, 0.25) is 0 Å². The van der Waals surface area contributed by atoms with Gasteiger partial charge in [-0.1, -0.05) is 0 Å². The molecule has 0 aromatic rings. The second-order valence-corrected chi connectivity index (χ2v) is 0.283. The van der Waals surface area contributed by atoms with Gasteiger partial charge in [0.25, 0.3) is 0 Å². The van der Waals surface area contributed by atoms with Crippen molar-refractivity contribution in [3.05, 3.63) is 0 Å². The second-order valence-electron chi connectivity index (χ2n) is 0.283. The van der Waals surface area contributed by atoms with Crippen LogP contribution in [0, 0.1) is 118 Å². The van der Waals surface area contributed by atoms with Crippen LogP contribution in [0.2, 0.25) is 0 Å². The normalized spacial score (nSPS) is 3.43. The van der Waals surface area contributed by atoms with Gasteiger partial charge in [0.1, 0.15) is 0 Å². The molecule has 0 unspecified atom stereocenters. The van der Waals surface area contributed by atoms with Crippen LogP contribution in [0.1, 0.15) is 0 Å². The number of hydrogen-bond donors (Lipinski definition) is 2. The minimum absolute atomic E-state index is 0. The standard InChI is InChI=1S/CH2O3.La.Nd.Pr/c2-1(3)4;;;/h(H2,2,3,4);;;. The van der Waals surface area contributed by atoms with Gasteiger partial charge < -0.3 is 10.2 Å². The molecule has 0 aliphatic rings. The molecule has 0 aromatic heterocycles. The summed E-state index contributed by atoms with van der Waals surface area (Å²) in [6, 6.07) is 0. The Kier molecular flexibility index (Phi) is 51.6. The van der Waals surface area contributed by atoms with Gasteiger partial charge in [0.05, 0.1) is 0 Å². The van der Waals surface area contributed by atoms with Crippen molar-refractivity contribution < 1.29 is 133 Å². The molecule has 2 N–H and O–H groups in total. The van der Waals surface area contributed by atoms with Crippen molar-refractivity contribution in [1.82, 2.24) is 0 Å². The topological polar surface area (TPSA) is 57.5 Å². The van der Waals surface area contributed by atoms with Crippen LogP contribution in [0.4, 0.5) is 4.79 Å². The van der Waals surface area contributed by atoms with Gasteiger partial charge in [-0.2, -0.15) is 0 Å². The fourth-order valence-electron chi connectivity index (χ4n) is 0. The molecular weight excluding hydrogens is 484 g/mol. The smallest absolute Gasteiger partial charge is 0.450 e. The van der Waals surface area contributed by atoms with E-state index >= 15 is 0 Å². The Balaban J connectivity index is -0.0000000150. The summed E-state index contributed by atoms with van der Waals surface area (Å²) in [5, 5.41) is 13.9. The summed E-state index contributed by atoms with van der Waals surface area (Å²) in [4.78, 5) is 8.56. The van der Waals surface area contributed by atoms with Crippen molar-refractivity contribution in [2.24, 2.45) is 0 Å². The molecule has 0 atom stereocenters. The molecule has 6 heteroatoms. The maximum atomic E-state index is 8.56. The molecule has 0 fully saturated rings. The zero-order valence-electron chi connectivity index (χ0n) is 3.46. The molecule has 0 bridgehead atoms. The molecule has 0 amide bonds. The van der Waals surface area contributed by atoms with Crippen molar-refractivity contribution in [1.29, 1.82) is 0 Å². The Bertz CT molecular complexity index is 37.9. The SMILES string of the molecule is O=C(O)O.[La].[Nd].[Pr]. The molecule has 0 rings (SSSR count). The van der Waals surface area contributed by atoms with Crippen LogP contribution in [0.5, 0.6) is 0 Å². The molecule has 7 heavy (non-hydrogen) atoms. The van der Waals surface area contributed by atoms with E-state index in [9.17, 15) is 0 Å². The monoisotopic (exact) mass is 484 g/mol. The first kappa shape index (κ1) is 22.5. The van der Waals surface area contributed by atoms with Gasteiger partial charge in [0.15, 0.2) is 0 Å². The van der Waals surface area contributed by atoms with E-state index in [1.165, 1.54) is 0 Å². The Morgan fingerprint density at radius 3 is 1.29 bits per heavy atom. The van der Waals surface area contributed by atoms with Crippen molar-refractivity contribution >= 4 is 6.16 Å². The van der Waals surface area contributed by atoms with Gasteiger partial charge in [-0.3, -0.25) is 0 Å². The van der Waals surface area contributed by atoms with Crippen LogP contribution in [0.25, 0.3) is 0 Å². The molecule has 0 saturated heterocycles. The van der Waals surface area contributed by atoms with Crippen LogP contribution in [0.15, 0.2) is 0 Å². The molecule has 0 saturated carbocycles. The number of rotatable bonds is 0. The average Bonchev–Trinajstić information content (AvgIpc) is 0.811. The third-order valence-electron chi connectivity index (χ3n) is 0. The minimum Gasteiger partial charge on any atom is -0.450 e. The average molecular weight is 486 g/mol.